The Bertz CT molecular complexity index is 371. The van der Waals surface area contributed by atoms with Gasteiger partial charge < -0.3 is 15.3 Å². The quantitative estimate of drug-likeness (QED) is 0.542. The number of aromatic hydroxyl groups is 3. The molecule has 16 heavy (non-hydrogen) atoms. The third kappa shape index (κ3) is 2.27. The summed E-state index contributed by atoms with van der Waals surface area (Å²) in [5, 5.41) is 27.7. The van der Waals surface area contributed by atoms with Gasteiger partial charge in [-0.2, -0.15) is 0 Å². The molecule has 0 atom stereocenters. The topological polar surface area (TPSA) is 77.8 Å². The minimum absolute atomic E-state index is 0.122. The predicted molar refractivity (Wildman–Crippen MR) is 59.8 cm³/mol. The minimum atomic E-state index is -0.596. The van der Waals surface area contributed by atoms with Crippen molar-refractivity contribution in [1.29, 1.82) is 0 Å². The van der Waals surface area contributed by atoms with E-state index in [1.54, 1.807) is 0 Å². The van der Waals surface area contributed by atoms with E-state index >= 15 is 0 Å². The van der Waals surface area contributed by atoms with Crippen LogP contribution in [0.3, 0.4) is 0 Å². The van der Waals surface area contributed by atoms with Gasteiger partial charge in [0.15, 0.2) is 23.0 Å². The van der Waals surface area contributed by atoms with E-state index in [9.17, 15) is 15.0 Å². The molecule has 0 heterocycles. The number of carbonyl (C=O) groups is 1. The number of carbonyl (C=O) groups excluding carboxylic acids is 1. The fourth-order valence-electron chi connectivity index (χ4n) is 1.64. The van der Waals surface area contributed by atoms with E-state index in [1.807, 2.05) is 13.8 Å². The molecular weight excluding hydrogens is 208 g/mol. The van der Waals surface area contributed by atoms with Crippen LogP contribution in [0.15, 0.2) is 12.1 Å². The van der Waals surface area contributed by atoms with Crippen LogP contribution < -0.4 is 0 Å². The van der Waals surface area contributed by atoms with Gasteiger partial charge in [-0.15, -0.1) is 0 Å². The van der Waals surface area contributed by atoms with Crippen LogP contribution in [0.1, 0.15) is 37.0 Å². The number of hydrogen-bond donors (Lipinski definition) is 3. The van der Waals surface area contributed by atoms with Crippen LogP contribution >= 0.6 is 0 Å². The number of phenols is 3. The highest BCUT2D eigenvalue weighted by Crippen LogP contribution is 2.36. The van der Waals surface area contributed by atoms with Crippen LogP contribution in [0.5, 0.6) is 17.2 Å². The molecule has 0 aliphatic heterocycles. The molecule has 0 fully saturated rings. The zero-order valence-electron chi connectivity index (χ0n) is 9.40. The summed E-state index contributed by atoms with van der Waals surface area (Å²) in [7, 11) is 0. The Labute approximate surface area is 94.2 Å². The molecule has 4 heteroatoms. The van der Waals surface area contributed by atoms with Gasteiger partial charge >= 0.3 is 0 Å². The van der Waals surface area contributed by atoms with Crippen molar-refractivity contribution in [3.8, 4) is 17.2 Å². The summed E-state index contributed by atoms with van der Waals surface area (Å²) in [6, 6.07) is 2.35. The third-order valence-corrected chi connectivity index (χ3v) is 2.71. The van der Waals surface area contributed by atoms with Gasteiger partial charge in [-0.25, -0.2) is 0 Å². The van der Waals surface area contributed by atoms with Gasteiger partial charge in [0.2, 0.25) is 0 Å². The first kappa shape index (κ1) is 12.4. The summed E-state index contributed by atoms with van der Waals surface area (Å²) in [5.41, 5.74) is 0.224. The number of phenolic OH excluding ortho intramolecular Hbond substituents is 3. The van der Waals surface area contributed by atoms with Gasteiger partial charge in [0.25, 0.3) is 0 Å². The number of benzene rings is 1. The molecule has 0 unspecified atom stereocenters. The Balaban J connectivity index is 3.10. The lowest BCUT2D eigenvalue weighted by Crippen LogP contribution is -2.12. The highest BCUT2D eigenvalue weighted by molar-refractivity contribution is 5.98. The Morgan fingerprint density at radius 1 is 1.12 bits per heavy atom. The fraction of sp³-hybridized carbons (Fsp3) is 0.417. The first-order valence-corrected chi connectivity index (χ1v) is 5.30. The Kier molecular flexibility index (Phi) is 3.77. The average Bonchev–Trinajstić information content (AvgIpc) is 2.26. The lowest BCUT2D eigenvalue weighted by molar-refractivity contribution is 0.0912. The van der Waals surface area contributed by atoms with E-state index in [1.165, 1.54) is 12.1 Å². The molecule has 1 aromatic rings. The van der Waals surface area contributed by atoms with Gasteiger partial charge in [-0.3, -0.25) is 4.79 Å². The lowest BCUT2D eigenvalue weighted by atomic mass is 9.93. The van der Waals surface area contributed by atoms with Crippen molar-refractivity contribution >= 4 is 5.78 Å². The lowest BCUT2D eigenvalue weighted by Gasteiger charge is -2.12. The van der Waals surface area contributed by atoms with Gasteiger partial charge in [-0.05, 0) is 25.0 Å². The number of hydrogen-bond acceptors (Lipinski definition) is 4. The highest BCUT2D eigenvalue weighted by Gasteiger charge is 2.19. The summed E-state index contributed by atoms with van der Waals surface area (Å²) in [5.74, 6) is -1.80. The first-order valence-electron chi connectivity index (χ1n) is 5.30. The van der Waals surface area contributed by atoms with Crippen LogP contribution in [0.25, 0.3) is 0 Å². The van der Waals surface area contributed by atoms with Gasteiger partial charge in [0.05, 0.1) is 0 Å². The molecule has 88 valence electrons. The maximum Gasteiger partial charge on any atom is 0.200 e. The smallest absolute Gasteiger partial charge is 0.200 e. The maximum absolute atomic E-state index is 11.9. The summed E-state index contributed by atoms with van der Waals surface area (Å²) in [6.45, 7) is 3.82. The standard InChI is InChI=1S/C12H16O4/c1-3-7(4-2)11(15)8-5-9(13)12(16)10(14)6-8/h5-7,13-14,16H,3-4H2,1-2H3. The SMILES string of the molecule is CCC(CC)C(=O)c1cc(O)c(O)c(O)c1. The molecule has 0 bridgehead atoms. The molecule has 0 saturated heterocycles. The van der Waals surface area contributed by atoms with E-state index in [4.69, 9.17) is 5.11 Å². The van der Waals surface area contributed by atoms with E-state index in [-0.39, 0.29) is 17.3 Å². The summed E-state index contributed by atoms with van der Waals surface area (Å²) >= 11 is 0. The molecule has 0 aromatic heterocycles. The summed E-state index contributed by atoms with van der Waals surface area (Å²) in [6.07, 6.45) is 1.41. The molecule has 0 aliphatic rings. The van der Waals surface area contributed by atoms with E-state index in [2.05, 4.69) is 0 Å². The third-order valence-electron chi connectivity index (χ3n) is 2.71. The van der Waals surface area contributed by atoms with Crippen molar-refractivity contribution < 1.29 is 20.1 Å². The van der Waals surface area contributed by atoms with E-state index < -0.39 is 17.2 Å². The maximum atomic E-state index is 11.9. The molecule has 0 radical (unpaired) electrons. The van der Waals surface area contributed by atoms with Gasteiger partial charge in [0.1, 0.15) is 0 Å². The number of rotatable bonds is 4. The Morgan fingerprint density at radius 3 is 1.94 bits per heavy atom. The van der Waals surface area contributed by atoms with Crippen LogP contribution in [0.2, 0.25) is 0 Å². The molecule has 4 nitrogen and oxygen atoms in total. The largest absolute Gasteiger partial charge is 0.504 e. The van der Waals surface area contributed by atoms with Crippen LogP contribution in [0.4, 0.5) is 0 Å². The monoisotopic (exact) mass is 224 g/mol. The van der Waals surface area contributed by atoms with Crippen molar-refractivity contribution in [2.75, 3.05) is 0 Å². The van der Waals surface area contributed by atoms with E-state index in [0.29, 0.717) is 12.8 Å². The first-order chi connectivity index (χ1) is 7.51. The molecule has 3 N–H and O–H groups in total. The number of Topliss-reactive ketones (excluding diaryl/α,β-unsaturated/α-hetero) is 1. The minimum Gasteiger partial charge on any atom is -0.504 e. The molecule has 0 amide bonds. The van der Waals surface area contributed by atoms with E-state index in [0.717, 1.165) is 0 Å². The highest BCUT2D eigenvalue weighted by atomic mass is 16.3. The molecule has 0 saturated carbocycles. The predicted octanol–water partition coefficient (Wildman–Crippen LogP) is 2.42. The second-order valence-corrected chi connectivity index (χ2v) is 3.74. The molecule has 0 spiro atoms. The second kappa shape index (κ2) is 4.88. The van der Waals surface area contributed by atoms with Crippen LogP contribution in [-0.4, -0.2) is 21.1 Å². The zero-order valence-corrected chi connectivity index (χ0v) is 9.40. The summed E-state index contributed by atoms with van der Waals surface area (Å²) < 4.78 is 0. The van der Waals surface area contributed by atoms with Crippen molar-refractivity contribution in [1.82, 2.24) is 0 Å². The molecular formula is C12H16O4. The molecule has 1 rings (SSSR count). The average molecular weight is 224 g/mol. The van der Waals surface area contributed by atoms with Gasteiger partial charge in [-0.1, -0.05) is 13.8 Å². The zero-order chi connectivity index (χ0) is 12.3. The van der Waals surface area contributed by atoms with Crippen LogP contribution in [-0.2, 0) is 0 Å². The fourth-order valence-corrected chi connectivity index (χ4v) is 1.64. The van der Waals surface area contributed by atoms with Gasteiger partial charge in [0, 0.05) is 11.5 Å². The van der Waals surface area contributed by atoms with Crippen LogP contribution in [0, 0.1) is 5.92 Å². The second-order valence-electron chi connectivity index (χ2n) is 3.74. The normalized spacial score (nSPS) is 10.7. The summed E-state index contributed by atoms with van der Waals surface area (Å²) in [4.78, 5) is 11.9. The Morgan fingerprint density at radius 2 is 1.56 bits per heavy atom. The van der Waals surface area contributed by atoms with Crippen molar-refractivity contribution in [3.63, 3.8) is 0 Å². The van der Waals surface area contributed by atoms with Crippen molar-refractivity contribution in [3.05, 3.63) is 17.7 Å². The molecule has 0 aliphatic carbocycles. The van der Waals surface area contributed by atoms with Crippen molar-refractivity contribution in [2.45, 2.75) is 26.7 Å². The number of ketones is 1. The van der Waals surface area contributed by atoms with Crippen molar-refractivity contribution in [2.24, 2.45) is 5.92 Å². The Hall–Kier alpha value is -1.71. The molecule has 1 aromatic carbocycles.